The van der Waals surface area contributed by atoms with Gasteiger partial charge in [0.05, 0.1) is 29.0 Å². The molecule has 2 aromatic carbocycles. The van der Waals surface area contributed by atoms with Crippen molar-refractivity contribution >= 4 is 44.6 Å². The Labute approximate surface area is 170 Å². The molecule has 0 unspecified atom stereocenters. The minimum Gasteiger partial charge on any atom is -0.494 e. The van der Waals surface area contributed by atoms with Gasteiger partial charge < -0.3 is 10.1 Å². The van der Waals surface area contributed by atoms with Gasteiger partial charge in [-0.05, 0) is 31.2 Å². The van der Waals surface area contributed by atoms with Crippen LogP contribution in [0.2, 0.25) is 0 Å². The van der Waals surface area contributed by atoms with Crippen LogP contribution in [0.25, 0.3) is 0 Å². The van der Waals surface area contributed by atoms with E-state index in [9.17, 15) is 28.1 Å². The molecule has 2 N–H and O–H groups in total. The molecule has 0 atom stereocenters. The second-order valence-electron chi connectivity index (χ2n) is 5.87. The van der Waals surface area contributed by atoms with Crippen molar-refractivity contribution in [3.63, 3.8) is 0 Å². The van der Waals surface area contributed by atoms with Crippen molar-refractivity contribution in [2.24, 2.45) is 10.2 Å². The molecule has 2 aromatic rings. The van der Waals surface area contributed by atoms with E-state index < -0.39 is 37.2 Å². The van der Waals surface area contributed by atoms with Gasteiger partial charge in [-0.25, -0.2) is 0 Å². The first-order chi connectivity index (χ1) is 14.0. The molecule has 0 bridgehead atoms. The number of hydrogen-bond donors (Lipinski definition) is 2. The van der Waals surface area contributed by atoms with Crippen molar-refractivity contribution < 1.29 is 32.2 Å². The Morgan fingerprint density at radius 2 is 1.93 bits per heavy atom. The highest BCUT2D eigenvalue weighted by Gasteiger charge is 2.20. The highest BCUT2D eigenvalue weighted by atomic mass is 32.2. The summed E-state index contributed by atoms with van der Waals surface area (Å²) in [5, 5.41) is 21.3. The van der Waals surface area contributed by atoms with Crippen LogP contribution in [0.5, 0.6) is 5.75 Å². The minimum absolute atomic E-state index is 0.0246. The lowest BCUT2D eigenvalue weighted by molar-refractivity contribution is -0.384. The van der Waals surface area contributed by atoms with E-state index in [0.29, 0.717) is 0 Å². The number of benzene rings is 2. The highest BCUT2D eigenvalue weighted by molar-refractivity contribution is 7.85. The fraction of sp³-hybridized carbons (Fsp3) is 0.176. The Bertz CT molecular complexity index is 1140. The molecule has 0 aliphatic carbocycles. The number of anilines is 1. The van der Waals surface area contributed by atoms with Crippen LogP contribution in [-0.2, 0) is 19.7 Å². The zero-order valence-corrected chi connectivity index (χ0v) is 16.5. The quantitative estimate of drug-likeness (QED) is 0.208. The summed E-state index contributed by atoms with van der Waals surface area (Å²) in [6.07, 6.45) is -0.379. The molecule has 13 heteroatoms. The summed E-state index contributed by atoms with van der Waals surface area (Å²) in [4.78, 5) is 32.8. The third kappa shape index (κ3) is 5.65. The van der Waals surface area contributed by atoms with Crippen molar-refractivity contribution in [3.05, 3.63) is 46.5 Å². The fourth-order valence-corrected chi connectivity index (χ4v) is 2.81. The summed E-state index contributed by atoms with van der Waals surface area (Å²) in [6, 6.07) is 6.94. The number of rotatable bonds is 8. The monoisotopic (exact) mass is 436 g/mol. The lowest BCUT2D eigenvalue weighted by Gasteiger charge is -2.10. The molecule has 0 spiro atoms. The van der Waals surface area contributed by atoms with Gasteiger partial charge in [-0.1, -0.05) is 6.07 Å². The molecule has 0 aliphatic heterocycles. The summed E-state index contributed by atoms with van der Waals surface area (Å²) in [6.45, 7) is 1.24. The van der Waals surface area contributed by atoms with E-state index in [4.69, 9.17) is 9.29 Å². The number of nitrogens with one attached hydrogen (secondary N) is 1. The van der Waals surface area contributed by atoms with E-state index in [0.717, 1.165) is 18.2 Å². The van der Waals surface area contributed by atoms with Gasteiger partial charge in [0.15, 0.2) is 11.4 Å². The van der Waals surface area contributed by atoms with E-state index in [1.807, 2.05) is 0 Å². The topological polar surface area (TPSA) is 178 Å². The maximum atomic E-state index is 11.9. The molecule has 0 aliphatic rings. The Hall–Kier alpha value is -3.71. The van der Waals surface area contributed by atoms with Crippen molar-refractivity contribution in [1.82, 2.24) is 0 Å². The van der Waals surface area contributed by atoms with Crippen LogP contribution in [-0.4, -0.2) is 36.7 Å². The van der Waals surface area contributed by atoms with Gasteiger partial charge in [-0.15, -0.1) is 10.2 Å². The lowest BCUT2D eigenvalue weighted by atomic mass is 10.2. The van der Waals surface area contributed by atoms with Crippen molar-refractivity contribution in [2.75, 3.05) is 12.4 Å². The highest BCUT2D eigenvalue weighted by Crippen LogP contribution is 2.38. The van der Waals surface area contributed by atoms with Crippen LogP contribution in [0.15, 0.2) is 51.5 Å². The van der Waals surface area contributed by atoms with E-state index >= 15 is 0 Å². The summed E-state index contributed by atoms with van der Waals surface area (Å²) in [5.41, 5.74) is -0.938. The van der Waals surface area contributed by atoms with Gasteiger partial charge in [0.2, 0.25) is 5.91 Å². The van der Waals surface area contributed by atoms with Crippen molar-refractivity contribution in [2.45, 2.75) is 18.2 Å². The molecular weight excluding hydrogens is 420 g/mol. The smallest absolute Gasteiger partial charge is 0.296 e. The second-order valence-corrected chi connectivity index (χ2v) is 7.29. The van der Waals surface area contributed by atoms with Gasteiger partial charge >= 0.3 is 0 Å². The van der Waals surface area contributed by atoms with Crippen LogP contribution < -0.4 is 10.1 Å². The number of carbonyl (C=O) groups excluding carboxylic acids is 2. The molecule has 158 valence electrons. The van der Waals surface area contributed by atoms with Gasteiger partial charge in [-0.2, -0.15) is 8.42 Å². The number of amides is 1. The maximum Gasteiger partial charge on any atom is 0.296 e. The molecule has 0 saturated carbocycles. The summed E-state index contributed by atoms with van der Waals surface area (Å²) in [7, 11) is -3.32. The first-order valence-electron chi connectivity index (χ1n) is 8.17. The Kier molecular flexibility index (Phi) is 6.92. The van der Waals surface area contributed by atoms with Gasteiger partial charge in [0.25, 0.3) is 15.8 Å². The van der Waals surface area contributed by atoms with Crippen molar-refractivity contribution in [1.29, 1.82) is 0 Å². The molecule has 12 nitrogen and oxygen atoms in total. The molecule has 0 heterocycles. The maximum absolute atomic E-state index is 11.9. The molecule has 0 radical (unpaired) electrons. The minimum atomic E-state index is -4.64. The number of methoxy groups -OCH3 is 1. The van der Waals surface area contributed by atoms with Crippen LogP contribution in [0.4, 0.5) is 22.7 Å². The first kappa shape index (κ1) is 22.6. The number of nitrogens with zero attached hydrogens (tertiary/aromatic N) is 3. The molecule has 2 rings (SSSR count). The number of carbonyl (C=O) groups is 2. The lowest BCUT2D eigenvalue weighted by Crippen LogP contribution is -2.14. The Balaban J connectivity index is 2.55. The number of Topliss-reactive ketones (excluding diaryl/α,β-unsaturated/α-hetero) is 1. The molecule has 1 amide bonds. The zero-order valence-electron chi connectivity index (χ0n) is 15.7. The van der Waals surface area contributed by atoms with Crippen LogP contribution >= 0.6 is 0 Å². The van der Waals surface area contributed by atoms with Gasteiger partial charge in [0, 0.05) is 6.07 Å². The summed E-state index contributed by atoms with van der Waals surface area (Å²) < 4.78 is 37.0. The third-order valence-corrected chi connectivity index (χ3v) is 4.45. The van der Waals surface area contributed by atoms with Crippen LogP contribution in [0.3, 0.4) is 0 Å². The largest absolute Gasteiger partial charge is 0.494 e. The molecular formula is C17H16N4O8S. The number of nitro benzene ring substituents is 1. The number of azo groups is 1. The second kappa shape index (κ2) is 9.19. The average Bonchev–Trinajstić information content (AvgIpc) is 2.64. The Morgan fingerprint density at radius 3 is 2.50 bits per heavy atom. The first-order valence-corrected chi connectivity index (χ1v) is 9.61. The van der Waals surface area contributed by atoms with Crippen LogP contribution in [0, 0.1) is 10.1 Å². The standard InChI is InChI=1S/C17H16N4O8S/c1-10(22)8-16(23)18-12-4-3-5-15(29-2)17(12)20-19-13-9-11(30(26,27)28)6-7-14(13)21(24)25/h3-7,9H,8H2,1-2H3,(H,18,23)(H,26,27,28). The fourth-order valence-electron chi connectivity index (χ4n) is 2.31. The number of ketones is 1. The number of hydrogen-bond acceptors (Lipinski definition) is 9. The van der Waals surface area contributed by atoms with Crippen molar-refractivity contribution in [3.8, 4) is 5.75 Å². The van der Waals surface area contributed by atoms with Crippen LogP contribution in [0.1, 0.15) is 13.3 Å². The summed E-state index contributed by atoms with van der Waals surface area (Å²) in [5.74, 6) is -0.837. The van der Waals surface area contributed by atoms with Gasteiger partial charge in [-0.3, -0.25) is 24.3 Å². The predicted molar refractivity (Wildman–Crippen MR) is 104 cm³/mol. The summed E-state index contributed by atoms with van der Waals surface area (Å²) >= 11 is 0. The molecule has 0 aromatic heterocycles. The molecule has 30 heavy (non-hydrogen) atoms. The average molecular weight is 436 g/mol. The third-order valence-electron chi connectivity index (χ3n) is 3.60. The van der Waals surface area contributed by atoms with E-state index in [1.165, 1.54) is 32.2 Å². The molecule has 0 saturated heterocycles. The Morgan fingerprint density at radius 1 is 1.23 bits per heavy atom. The van der Waals surface area contributed by atoms with Gasteiger partial charge in [0.1, 0.15) is 11.5 Å². The predicted octanol–water partition coefficient (Wildman–Crippen LogP) is 3.18. The van der Waals surface area contributed by atoms with E-state index in [1.54, 1.807) is 0 Å². The normalized spacial score (nSPS) is 11.3. The number of ether oxygens (including phenoxy) is 1. The SMILES string of the molecule is COc1cccc(NC(=O)CC(C)=O)c1N=Nc1cc(S(=O)(=O)O)ccc1[N+](=O)[O-]. The molecule has 0 fully saturated rings. The number of nitro groups is 1. The van der Waals surface area contributed by atoms with E-state index in [2.05, 4.69) is 15.5 Å². The zero-order chi connectivity index (χ0) is 22.5. The van der Waals surface area contributed by atoms with E-state index in [-0.39, 0.29) is 29.3 Å².